The molecule has 0 bridgehead atoms. The predicted octanol–water partition coefficient (Wildman–Crippen LogP) is 6.51. The van der Waals surface area contributed by atoms with Crippen LogP contribution < -0.4 is 4.74 Å². The van der Waals surface area contributed by atoms with Crippen molar-refractivity contribution in [3.8, 4) is 17.2 Å². The maximum atomic E-state index is 12.3. The van der Waals surface area contributed by atoms with Crippen LogP contribution in [0.25, 0.3) is 22.6 Å². The Bertz CT molecular complexity index is 1460. The third kappa shape index (κ3) is 4.66. The van der Waals surface area contributed by atoms with Gasteiger partial charge >= 0.3 is 5.97 Å². The first kappa shape index (κ1) is 20.6. The van der Waals surface area contributed by atoms with Gasteiger partial charge in [-0.2, -0.15) is 0 Å². The van der Waals surface area contributed by atoms with E-state index >= 15 is 0 Å². The lowest BCUT2D eigenvalue weighted by Gasteiger charge is -2.05. The first-order valence-corrected chi connectivity index (χ1v) is 10.5. The summed E-state index contributed by atoms with van der Waals surface area (Å²) in [6.45, 7) is 0. The molecule has 0 atom stereocenters. The number of esters is 1. The minimum Gasteiger partial charge on any atom is -0.436 e. The highest BCUT2D eigenvalue weighted by Gasteiger charge is 2.12. The molecule has 6 nitrogen and oxygen atoms in total. The molecule has 2 aromatic heterocycles. The number of hydrogen-bond acceptors (Lipinski definition) is 6. The maximum Gasteiger partial charge on any atom is 0.345 e. The second kappa shape index (κ2) is 9.06. The van der Waals surface area contributed by atoms with Crippen molar-refractivity contribution in [1.82, 2.24) is 9.97 Å². The minimum atomic E-state index is -0.506. The van der Waals surface area contributed by atoms with Gasteiger partial charge in [-0.25, -0.2) is 9.78 Å². The van der Waals surface area contributed by atoms with Crippen molar-refractivity contribution in [2.45, 2.75) is 0 Å². The van der Waals surface area contributed by atoms with Gasteiger partial charge < -0.3 is 9.15 Å². The van der Waals surface area contributed by atoms with Crippen LogP contribution in [0.3, 0.4) is 0 Å². The summed E-state index contributed by atoms with van der Waals surface area (Å²) in [7, 11) is 0. The SMILES string of the molecule is O=C(Oc1ccc(C=Nc2ccc3oc(-c4cccnc4)nc3c2)cc1)c1ccccc1Cl. The molecular weight excluding hydrogens is 438 g/mol. The number of oxazole rings is 1. The van der Waals surface area contributed by atoms with E-state index in [4.69, 9.17) is 20.8 Å². The number of hydrogen-bond donors (Lipinski definition) is 0. The van der Waals surface area contributed by atoms with Gasteiger partial charge in [0.05, 0.1) is 21.8 Å². The van der Waals surface area contributed by atoms with Gasteiger partial charge in [-0.3, -0.25) is 9.98 Å². The van der Waals surface area contributed by atoms with Crippen molar-refractivity contribution in [2.75, 3.05) is 0 Å². The number of ether oxygens (including phenoxy) is 1. The van der Waals surface area contributed by atoms with Crippen LogP contribution in [-0.4, -0.2) is 22.2 Å². The van der Waals surface area contributed by atoms with E-state index in [1.54, 1.807) is 55.0 Å². The van der Waals surface area contributed by atoms with Crippen molar-refractivity contribution in [3.63, 3.8) is 0 Å². The Morgan fingerprint density at radius 3 is 2.64 bits per heavy atom. The molecule has 0 amide bonds. The van der Waals surface area contributed by atoms with Crippen LogP contribution in [0.2, 0.25) is 5.02 Å². The zero-order chi connectivity index (χ0) is 22.6. The lowest BCUT2D eigenvalue weighted by molar-refractivity contribution is 0.0735. The van der Waals surface area contributed by atoms with Crippen LogP contribution in [0, 0.1) is 0 Å². The Morgan fingerprint density at radius 2 is 1.85 bits per heavy atom. The van der Waals surface area contributed by atoms with Crippen molar-refractivity contribution >= 4 is 40.6 Å². The molecule has 5 rings (SSSR count). The Morgan fingerprint density at radius 1 is 1.00 bits per heavy atom. The average Bonchev–Trinajstić information content (AvgIpc) is 3.28. The molecule has 7 heteroatoms. The maximum absolute atomic E-state index is 12.3. The molecule has 33 heavy (non-hydrogen) atoms. The van der Waals surface area contributed by atoms with E-state index in [1.165, 1.54) is 0 Å². The van der Waals surface area contributed by atoms with Crippen molar-refractivity contribution in [3.05, 3.63) is 107 Å². The van der Waals surface area contributed by atoms with Crippen LogP contribution in [0.4, 0.5) is 5.69 Å². The highest BCUT2D eigenvalue weighted by atomic mass is 35.5. The summed E-state index contributed by atoms with van der Waals surface area (Å²) in [5.74, 6) is 0.429. The molecule has 0 saturated heterocycles. The molecule has 0 N–H and O–H groups in total. The number of aliphatic imine (C=N–C) groups is 1. The molecule has 5 aromatic rings. The van der Waals surface area contributed by atoms with Gasteiger partial charge in [0, 0.05) is 18.6 Å². The Kier molecular flexibility index (Phi) is 5.66. The van der Waals surface area contributed by atoms with Crippen LogP contribution in [0.1, 0.15) is 15.9 Å². The number of rotatable bonds is 5. The summed E-state index contributed by atoms with van der Waals surface area (Å²) in [5, 5.41) is 0.350. The molecule has 0 aliphatic rings. The number of fused-ring (bicyclic) bond motifs is 1. The van der Waals surface area contributed by atoms with E-state index in [-0.39, 0.29) is 0 Å². The van der Waals surface area contributed by atoms with E-state index < -0.39 is 5.97 Å². The molecule has 0 aliphatic heterocycles. The third-order valence-corrected chi connectivity index (χ3v) is 5.16. The van der Waals surface area contributed by atoms with Gasteiger partial charge in [-0.05, 0) is 72.3 Å². The van der Waals surface area contributed by atoms with Gasteiger partial charge in [-0.1, -0.05) is 23.7 Å². The molecule has 0 unspecified atom stereocenters. The second-order valence-electron chi connectivity index (χ2n) is 7.11. The van der Waals surface area contributed by atoms with E-state index in [2.05, 4.69) is 15.0 Å². The largest absolute Gasteiger partial charge is 0.436 e. The quantitative estimate of drug-likeness (QED) is 0.172. The number of aromatic nitrogens is 2. The number of halogens is 1. The number of carbonyl (C=O) groups excluding carboxylic acids is 1. The topological polar surface area (TPSA) is 77.6 Å². The zero-order valence-electron chi connectivity index (χ0n) is 17.2. The molecule has 0 aliphatic carbocycles. The van der Waals surface area contributed by atoms with E-state index in [0.29, 0.717) is 33.3 Å². The fraction of sp³-hybridized carbons (Fsp3) is 0. The summed E-state index contributed by atoms with van der Waals surface area (Å²) in [4.78, 5) is 25.4. The van der Waals surface area contributed by atoms with Crippen molar-refractivity contribution in [2.24, 2.45) is 4.99 Å². The normalized spacial score (nSPS) is 11.2. The predicted molar refractivity (Wildman–Crippen MR) is 127 cm³/mol. The molecule has 160 valence electrons. The second-order valence-corrected chi connectivity index (χ2v) is 7.52. The fourth-order valence-electron chi connectivity index (χ4n) is 3.17. The number of pyridine rings is 1. The van der Waals surface area contributed by atoms with Gasteiger partial charge in [0.1, 0.15) is 11.3 Å². The van der Waals surface area contributed by atoms with E-state index in [1.807, 2.05) is 42.5 Å². The first-order chi connectivity index (χ1) is 16.2. The first-order valence-electron chi connectivity index (χ1n) is 10.1. The highest BCUT2D eigenvalue weighted by Crippen LogP contribution is 2.27. The van der Waals surface area contributed by atoms with Gasteiger partial charge in [0.2, 0.25) is 5.89 Å². The standard InChI is InChI=1S/C26H16ClN3O3/c27-22-6-2-1-5-21(22)26(31)32-20-10-7-17(8-11-20)15-29-19-9-12-24-23(14-19)30-25(33-24)18-4-3-13-28-16-18/h1-16H. The van der Waals surface area contributed by atoms with Crippen molar-refractivity contribution < 1.29 is 13.9 Å². The summed E-state index contributed by atoms with van der Waals surface area (Å²) in [6.07, 6.45) is 5.14. The summed E-state index contributed by atoms with van der Waals surface area (Å²) < 4.78 is 11.2. The van der Waals surface area contributed by atoms with Crippen LogP contribution in [-0.2, 0) is 0 Å². The van der Waals surface area contributed by atoms with E-state index in [9.17, 15) is 4.79 Å². The molecule has 0 radical (unpaired) electrons. The molecule has 2 heterocycles. The summed E-state index contributed by atoms with van der Waals surface area (Å²) >= 11 is 6.05. The highest BCUT2D eigenvalue weighted by molar-refractivity contribution is 6.33. The molecule has 0 saturated carbocycles. The average molecular weight is 454 g/mol. The van der Waals surface area contributed by atoms with Crippen LogP contribution >= 0.6 is 11.6 Å². The fourth-order valence-corrected chi connectivity index (χ4v) is 3.38. The van der Waals surface area contributed by atoms with Crippen LogP contribution in [0.5, 0.6) is 5.75 Å². The lowest BCUT2D eigenvalue weighted by Crippen LogP contribution is -2.08. The Balaban J connectivity index is 1.29. The minimum absolute atomic E-state index is 0.319. The zero-order valence-corrected chi connectivity index (χ0v) is 17.9. The number of benzene rings is 3. The molecular formula is C26H16ClN3O3. The number of carbonyl (C=O) groups is 1. The monoisotopic (exact) mass is 453 g/mol. The smallest absolute Gasteiger partial charge is 0.345 e. The third-order valence-electron chi connectivity index (χ3n) is 4.83. The van der Waals surface area contributed by atoms with Gasteiger partial charge in [0.15, 0.2) is 5.58 Å². The Labute approximate surface area is 194 Å². The number of nitrogens with zero attached hydrogens (tertiary/aromatic N) is 3. The Hall–Kier alpha value is -4.29. The van der Waals surface area contributed by atoms with Gasteiger partial charge in [-0.15, -0.1) is 0 Å². The lowest BCUT2D eigenvalue weighted by atomic mass is 10.2. The van der Waals surface area contributed by atoms with Crippen LogP contribution in [0.15, 0.2) is 101 Å². The van der Waals surface area contributed by atoms with Crippen molar-refractivity contribution in [1.29, 1.82) is 0 Å². The summed E-state index contributed by atoms with van der Waals surface area (Å²) in [5.41, 5.74) is 4.11. The van der Waals surface area contributed by atoms with E-state index in [0.717, 1.165) is 16.8 Å². The molecule has 0 fully saturated rings. The summed E-state index contributed by atoms with van der Waals surface area (Å²) in [6, 6.07) is 23.1. The molecule has 0 spiro atoms. The molecule has 3 aromatic carbocycles. The van der Waals surface area contributed by atoms with Gasteiger partial charge in [0.25, 0.3) is 0 Å².